The second-order valence-corrected chi connectivity index (χ2v) is 4.13. The highest BCUT2D eigenvalue weighted by Crippen LogP contribution is 2.26. The van der Waals surface area contributed by atoms with Crippen LogP contribution in [0, 0.1) is 0 Å². The molecule has 2 aromatic heterocycles. The Balaban J connectivity index is 2.43. The van der Waals surface area contributed by atoms with Gasteiger partial charge in [0.15, 0.2) is 0 Å². The van der Waals surface area contributed by atoms with Crippen LogP contribution in [-0.2, 0) is 4.74 Å². The Kier molecular flexibility index (Phi) is 4.14. The van der Waals surface area contributed by atoms with Gasteiger partial charge in [0.05, 0.1) is 30.4 Å². The van der Waals surface area contributed by atoms with E-state index in [0.29, 0.717) is 23.7 Å². The van der Waals surface area contributed by atoms with E-state index in [1.807, 2.05) is 12.1 Å². The third kappa shape index (κ3) is 2.85. The van der Waals surface area contributed by atoms with Crippen molar-refractivity contribution < 1.29 is 9.53 Å². The van der Waals surface area contributed by atoms with E-state index in [-0.39, 0.29) is 0 Å². The number of rotatable bonds is 4. The van der Waals surface area contributed by atoms with Gasteiger partial charge in [0.1, 0.15) is 11.4 Å². The first-order chi connectivity index (χ1) is 9.63. The first-order valence-electron chi connectivity index (χ1n) is 6.20. The van der Waals surface area contributed by atoms with Crippen molar-refractivity contribution in [2.24, 2.45) is 0 Å². The third-order valence-corrected chi connectivity index (χ3v) is 2.73. The van der Waals surface area contributed by atoms with Gasteiger partial charge in [-0.3, -0.25) is 4.98 Å². The summed E-state index contributed by atoms with van der Waals surface area (Å²) < 4.78 is 5.03. The number of carbonyl (C=O) groups excluding carboxylic acids is 1. The van der Waals surface area contributed by atoms with Crippen LogP contribution in [0.5, 0.6) is 0 Å². The average molecular weight is 272 g/mol. The molecule has 2 rings (SSSR count). The lowest BCUT2D eigenvalue weighted by Crippen LogP contribution is -2.17. The molecule has 0 aliphatic heterocycles. The molecule has 0 amide bonds. The molecule has 0 unspecified atom stereocenters. The van der Waals surface area contributed by atoms with Gasteiger partial charge in [0.2, 0.25) is 0 Å². The van der Waals surface area contributed by atoms with Crippen LogP contribution in [0.25, 0.3) is 0 Å². The van der Waals surface area contributed by atoms with Crippen LogP contribution < -0.4 is 10.6 Å². The molecule has 0 aliphatic rings. The maximum absolute atomic E-state index is 12.0. The van der Waals surface area contributed by atoms with Crippen LogP contribution >= 0.6 is 0 Å². The summed E-state index contributed by atoms with van der Waals surface area (Å²) in [5.74, 6) is 0.0312. The summed E-state index contributed by atoms with van der Waals surface area (Å²) in [5.41, 5.74) is 7.26. The number of carbonyl (C=O) groups is 1. The van der Waals surface area contributed by atoms with E-state index in [1.165, 1.54) is 6.20 Å². The molecule has 6 heteroatoms. The highest BCUT2D eigenvalue weighted by molar-refractivity contribution is 5.96. The lowest BCUT2D eigenvalue weighted by molar-refractivity contribution is 0.0527. The van der Waals surface area contributed by atoms with Crippen molar-refractivity contribution in [3.05, 3.63) is 42.4 Å². The molecule has 0 fully saturated rings. The summed E-state index contributed by atoms with van der Waals surface area (Å²) in [6.45, 7) is 2.05. The highest BCUT2D eigenvalue weighted by Gasteiger charge is 2.18. The topological polar surface area (TPSA) is 81.3 Å². The number of nitrogens with two attached hydrogens (primary N) is 1. The molecule has 0 aromatic carbocycles. The van der Waals surface area contributed by atoms with E-state index in [2.05, 4.69) is 9.97 Å². The van der Waals surface area contributed by atoms with Gasteiger partial charge in [0.25, 0.3) is 0 Å². The molecular weight excluding hydrogens is 256 g/mol. The molecule has 0 bridgehead atoms. The second-order valence-electron chi connectivity index (χ2n) is 4.13. The van der Waals surface area contributed by atoms with Gasteiger partial charge in [-0.2, -0.15) is 0 Å². The SMILES string of the molecule is CCOC(=O)c1cc(N)cnc1N(C)c1cccnc1. The minimum atomic E-state index is -0.446. The quantitative estimate of drug-likeness (QED) is 0.857. The van der Waals surface area contributed by atoms with Crippen molar-refractivity contribution in [2.45, 2.75) is 6.92 Å². The molecular formula is C14H16N4O2. The van der Waals surface area contributed by atoms with Gasteiger partial charge in [-0.1, -0.05) is 0 Å². The van der Waals surface area contributed by atoms with Gasteiger partial charge in [0, 0.05) is 13.2 Å². The van der Waals surface area contributed by atoms with E-state index in [4.69, 9.17) is 10.5 Å². The Morgan fingerprint density at radius 2 is 2.25 bits per heavy atom. The number of nitrogen functional groups attached to an aromatic ring is 1. The van der Waals surface area contributed by atoms with Gasteiger partial charge < -0.3 is 15.4 Å². The monoisotopic (exact) mass is 272 g/mol. The molecule has 6 nitrogen and oxygen atoms in total. The average Bonchev–Trinajstić information content (AvgIpc) is 2.47. The number of esters is 1. The predicted octanol–water partition coefficient (Wildman–Crippen LogP) is 2.00. The van der Waals surface area contributed by atoms with Crippen LogP contribution in [0.2, 0.25) is 0 Å². The van der Waals surface area contributed by atoms with Crippen molar-refractivity contribution >= 4 is 23.2 Å². The smallest absolute Gasteiger partial charge is 0.341 e. The van der Waals surface area contributed by atoms with Crippen molar-refractivity contribution in [2.75, 3.05) is 24.3 Å². The molecule has 20 heavy (non-hydrogen) atoms. The number of pyridine rings is 2. The third-order valence-electron chi connectivity index (χ3n) is 2.73. The Labute approximate surface area is 117 Å². The summed E-state index contributed by atoms with van der Waals surface area (Å²) in [5, 5.41) is 0. The standard InChI is InChI=1S/C14H16N4O2/c1-3-20-14(19)12-7-10(15)8-17-13(12)18(2)11-5-4-6-16-9-11/h4-9H,3,15H2,1-2H3. The molecule has 0 aliphatic carbocycles. The van der Waals surface area contributed by atoms with Crippen LogP contribution in [0.1, 0.15) is 17.3 Å². The van der Waals surface area contributed by atoms with Crippen molar-refractivity contribution in [3.63, 3.8) is 0 Å². The fourth-order valence-corrected chi connectivity index (χ4v) is 1.77. The zero-order valence-electron chi connectivity index (χ0n) is 11.4. The lowest BCUT2D eigenvalue weighted by Gasteiger charge is -2.20. The first-order valence-corrected chi connectivity index (χ1v) is 6.20. The van der Waals surface area contributed by atoms with Crippen molar-refractivity contribution in [1.29, 1.82) is 0 Å². The Bertz CT molecular complexity index is 601. The summed E-state index contributed by atoms with van der Waals surface area (Å²) in [4.78, 5) is 22.0. The fourth-order valence-electron chi connectivity index (χ4n) is 1.77. The lowest BCUT2D eigenvalue weighted by atomic mass is 10.2. The van der Waals surface area contributed by atoms with Gasteiger partial charge in [-0.15, -0.1) is 0 Å². The molecule has 0 saturated heterocycles. The van der Waals surface area contributed by atoms with E-state index < -0.39 is 5.97 Å². The van der Waals surface area contributed by atoms with E-state index in [1.54, 1.807) is 37.3 Å². The minimum Gasteiger partial charge on any atom is -0.462 e. The summed E-state index contributed by atoms with van der Waals surface area (Å²) in [7, 11) is 1.80. The molecule has 104 valence electrons. The number of ether oxygens (including phenoxy) is 1. The van der Waals surface area contributed by atoms with Gasteiger partial charge in [-0.05, 0) is 25.1 Å². The second kappa shape index (κ2) is 6.01. The summed E-state index contributed by atoms with van der Waals surface area (Å²) in [6.07, 6.45) is 4.87. The number of nitrogens with zero attached hydrogens (tertiary/aromatic N) is 3. The Morgan fingerprint density at radius 3 is 2.90 bits per heavy atom. The van der Waals surface area contributed by atoms with Crippen molar-refractivity contribution in [3.8, 4) is 0 Å². The van der Waals surface area contributed by atoms with Crippen molar-refractivity contribution in [1.82, 2.24) is 9.97 Å². The van der Waals surface area contributed by atoms with Crippen LogP contribution in [0.4, 0.5) is 17.2 Å². The normalized spacial score (nSPS) is 10.1. The Morgan fingerprint density at radius 1 is 1.45 bits per heavy atom. The highest BCUT2D eigenvalue weighted by atomic mass is 16.5. The number of hydrogen-bond donors (Lipinski definition) is 1. The van der Waals surface area contributed by atoms with Gasteiger partial charge in [-0.25, -0.2) is 9.78 Å². The van der Waals surface area contributed by atoms with Crippen LogP contribution in [-0.4, -0.2) is 29.6 Å². The summed E-state index contributed by atoms with van der Waals surface area (Å²) >= 11 is 0. The summed E-state index contributed by atoms with van der Waals surface area (Å²) in [6, 6.07) is 5.25. The van der Waals surface area contributed by atoms with E-state index >= 15 is 0 Å². The maximum Gasteiger partial charge on any atom is 0.341 e. The zero-order valence-corrected chi connectivity index (χ0v) is 11.4. The van der Waals surface area contributed by atoms with E-state index in [0.717, 1.165) is 5.69 Å². The molecule has 0 saturated carbocycles. The number of aromatic nitrogens is 2. The fraction of sp³-hybridized carbons (Fsp3) is 0.214. The van der Waals surface area contributed by atoms with Crippen LogP contribution in [0.15, 0.2) is 36.8 Å². The first kappa shape index (κ1) is 13.8. The predicted molar refractivity (Wildman–Crippen MR) is 76.9 cm³/mol. The van der Waals surface area contributed by atoms with Gasteiger partial charge >= 0.3 is 5.97 Å². The molecule has 2 aromatic rings. The molecule has 2 N–H and O–H groups in total. The zero-order chi connectivity index (χ0) is 14.5. The van der Waals surface area contributed by atoms with E-state index in [9.17, 15) is 4.79 Å². The maximum atomic E-state index is 12.0. The molecule has 0 radical (unpaired) electrons. The largest absolute Gasteiger partial charge is 0.462 e. The Hall–Kier alpha value is -2.63. The number of anilines is 3. The van der Waals surface area contributed by atoms with Crippen LogP contribution in [0.3, 0.4) is 0 Å². The minimum absolute atomic E-state index is 0.295. The molecule has 0 spiro atoms. The molecule has 2 heterocycles. The number of hydrogen-bond acceptors (Lipinski definition) is 6. The molecule has 0 atom stereocenters.